The third-order valence-electron chi connectivity index (χ3n) is 4.20. The minimum absolute atomic E-state index is 0.0692. The molecule has 0 atom stereocenters. The molecule has 2 aromatic carbocycles. The van der Waals surface area contributed by atoms with E-state index in [0.29, 0.717) is 17.8 Å². The van der Waals surface area contributed by atoms with Crippen LogP contribution in [0.4, 0.5) is 5.69 Å². The first-order chi connectivity index (χ1) is 12.8. The summed E-state index contributed by atoms with van der Waals surface area (Å²) in [4.78, 5) is 14.1. The second kappa shape index (κ2) is 8.90. The number of ether oxygens (including phenoxy) is 1. The smallest absolute Gasteiger partial charge is 0.265 e. The van der Waals surface area contributed by atoms with Crippen molar-refractivity contribution in [2.45, 2.75) is 31.6 Å². The Labute approximate surface area is 161 Å². The van der Waals surface area contributed by atoms with E-state index in [-0.39, 0.29) is 16.6 Å². The molecule has 0 spiro atoms. The van der Waals surface area contributed by atoms with E-state index in [1.807, 2.05) is 26.0 Å². The Hall–Kier alpha value is -2.54. The first-order valence-corrected chi connectivity index (χ1v) is 10.3. The normalized spacial score (nSPS) is 11.1. The van der Waals surface area contributed by atoms with Gasteiger partial charge in [-0.05, 0) is 43.7 Å². The van der Waals surface area contributed by atoms with E-state index >= 15 is 0 Å². The summed E-state index contributed by atoms with van der Waals surface area (Å²) < 4.78 is 33.5. The van der Waals surface area contributed by atoms with Crippen LogP contribution in [0.1, 0.15) is 35.7 Å². The van der Waals surface area contributed by atoms with Gasteiger partial charge in [0.2, 0.25) is 0 Å². The van der Waals surface area contributed by atoms with Crippen LogP contribution in [0.2, 0.25) is 0 Å². The standard InChI is InChI=1S/C20H26N2O4S/c1-5-6-13-22(3)20(23)16-9-12-18(26-4)19(14-16)27(24,25)21-17-10-7-15(2)8-11-17/h7-12,14,21H,5-6,13H2,1-4H3. The average molecular weight is 391 g/mol. The first kappa shape index (κ1) is 20.8. The summed E-state index contributed by atoms with van der Waals surface area (Å²) in [5, 5.41) is 0. The minimum Gasteiger partial charge on any atom is -0.495 e. The van der Waals surface area contributed by atoms with Gasteiger partial charge in [-0.15, -0.1) is 0 Å². The fourth-order valence-electron chi connectivity index (χ4n) is 2.57. The van der Waals surface area contributed by atoms with E-state index in [9.17, 15) is 13.2 Å². The molecule has 1 amide bonds. The van der Waals surface area contributed by atoms with Crippen LogP contribution in [0.25, 0.3) is 0 Å². The van der Waals surface area contributed by atoms with E-state index in [1.165, 1.54) is 19.2 Å². The van der Waals surface area contributed by atoms with Crippen LogP contribution in [0, 0.1) is 6.92 Å². The van der Waals surface area contributed by atoms with Gasteiger partial charge < -0.3 is 9.64 Å². The number of hydrogen-bond donors (Lipinski definition) is 1. The van der Waals surface area contributed by atoms with Crippen molar-refractivity contribution in [3.05, 3.63) is 53.6 Å². The number of nitrogens with one attached hydrogen (secondary N) is 1. The molecule has 0 radical (unpaired) electrons. The Bertz CT molecular complexity index is 893. The summed E-state index contributed by atoms with van der Waals surface area (Å²) in [6, 6.07) is 11.5. The fraction of sp³-hybridized carbons (Fsp3) is 0.350. The molecule has 0 unspecified atom stereocenters. The van der Waals surface area contributed by atoms with Crippen molar-refractivity contribution in [1.29, 1.82) is 0 Å². The Morgan fingerprint density at radius 2 is 1.81 bits per heavy atom. The SMILES string of the molecule is CCCCN(C)C(=O)c1ccc(OC)c(S(=O)(=O)Nc2ccc(C)cc2)c1. The number of benzene rings is 2. The molecule has 6 nitrogen and oxygen atoms in total. The maximum Gasteiger partial charge on any atom is 0.265 e. The number of amides is 1. The lowest BCUT2D eigenvalue weighted by Crippen LogP contribution is -2.28. The van der Waals surface area contributed by atoms with Crippen molar-refractivity contribution >= 4 is 21.6 Å². The van der Waals surface area contributed by atoms with Crippen LogP contribution in [-0.2, 0) is 10.0 Å². The number of anilines is 1. The van der Waals surface area contributed by atoms with Crippen LogP contribution in [0.3, 0.4) is 0 Å². The van der Waals surface area contributed by atoms with Crippen LogP contribution < -0.4 is 9.46 Å². The largest absolute Gasteiger partial charge is 0.495 e. The molecule has 1 N–H and O–H groups in total. The molecule has 0 aromatic heterocycles. The molecule has 0 aliphatic carbocycles. The van der Waals surface area contributed by atoms with Gasteiger partial charge in [0, 0.05) is 24.8 Å². The van der Waals surface area contributed by atoms with Crippen molar-refractivity contribution in [3.8, 4) is 5.75 Å². The molecule has 0 saturated heterocycles. The first-order valence-electron chi connectivity index (χ1n) is 8.81. The third kappa shape index (κ3) is 5.23. The predicted molar refractivity (Wildman–Crippen MR) is 107 cm³/mol. The summed E-state index contributed by atoms with van der Waals surface area (Å²) in [7, 11) is -0.806. The quantitative estimate of drug-likeness (QED) is 0.746. The zero-order valence-electron chi connectivity index (χ0n) is 16.2. The Morgan fingerprint density at radius 3 is 2.41 bits per heavy atom. The van der Waals surface area contributed by atoms with Crippen molar-refractivity contribution < 1.29 is 17.9 Å². The monoisotopic (exact) mass is 390 g/mol. The highest BCUT2D eigenvalue weighted by Gasteiger charge is 2.23. The van der Waals surface area contributed by atoms with Crippen LogP contribution in [-0.4, -0.2) is 39.9 Å². The molecular formula is C20H26N2O4S. The van der Waals surface area contributed by atoms with E-state index in [0.717, 1.165) is 18.4 Å². The number of unbranched alkanes of at least 4 members (excludes halogenated alkanes) is 1. The van der Waals surface area contributed by atoms with Crippen molar-refractivity contribution in [3.63, 3.8) is 0 Å². The highest BCUT2D eigenvalue weighted by atomic mass is 32.2. The summed E-state index contributed by atoms with van der Waals surface area (Å²) in [5.41, 5.74) is 1.77. The number of carbonyl (C=O) groups excluding carboxylic acids is 1. The predicted octanol–water partition coefficient (Wildman–Crippen LogP) is 3.68. The second-order valence-corrected chi connectivity index (χ2v) is 8.07. The number of nitrogens with zero attached hydrogens (tertiary/aromatic N) is 1. The van der Waals surface area contributed by atoms with E-state index in [4.69, 9.17) is 4.74 Å². The summed E-state index contributed by atoms with van der Waals surface area (Å²) in [6.45, 7) is 4.59. The topological polar surface area (TPSA) is 75.7 Å². The lowest BCUT2D eigenvalue weighted by molar-refractivity contribution is 0.0793. The number of sulfonamides is 1. The molecule has 2 rings (SSSR count). The van der Waals surface area contributed by atoms with E-state index < -0.39 is 10.0 Å². The maximum atomic E-state index is 12.9. The molecule has 27 heavy (non-hydrogen) atoms. The number of methoxy groups -OCH3 is 1. The third-order valence-corrected chi connectivity index (χ3v) is 5.60. The van der Waals surface area contributed by atoms with Gasteiger partial charge in [-0.3, -0.25) is 9.52 Å². The van der Waals surface area contributed by atoms with Gasteiger partial charge in [0.1, 0.15) is 10.6 Å². The van der Waals surface area contributed by atoms with Gasteiger partial charge in [0.15, 0.2) is 0 Å². The molecule has 2 aromatic rings. The summed E-state index contributed by atoms with van der Waals surface area (Å²) >= 11 is 0. The Morgan fingerprint density at radius 1 is 1.15 bits per heavy atom. The Kier molecular flexibility index (Phi) is 6.85. The molecule has 146 valence electrons. The van der Waals surface area contributed by atoms with Gasteiger partial charge >= 0.3 is 0 Å². The van der Waals surface area contributed by atoms with Crippen LogP contribution >= 0.6 is 0 Å². The fourth-order valence-corrected chi connectivity index (χ4v) is 3.82. The zero-order chi connectivity index (χ0) is 20.0. The number of carbonyl (C=O) groups is 1. The van der Waals surface area contributed by atoms with Gasteiger partial charge in [-0.2, -0.15) is 0 Å². The molecule has 0 fully saturated rings. The molecular weight excluding hydrogens is 364 g/mol. The molecule has 0 aliphatic heterocycles. The molecule has 7 heteroatoms. The van der Waals surface area contributed by atoms with Crippen molar-refractivity contribution in [2.24, 2.45) is 0 Å². The molecule has 0 bridgehead atoms. The van der Waals surface area contributed by atoms with Crippen LogP contribution in [0.15, 0.2) is 47.4 Å². The minimum atomic E-state index is -3.91. The van der Waals surface area contributed by atoms with Crippen molar-refractivity contribution in [1.82, 2.24) is 4.90 Å². The number of aryl methyl sites for hydroxylation is 1. The second-order valence-electron chi connectivity index (χ2n) is 6.42. The highest BCUT2D eigenvalue weighted by molar-refractivity contribution is 7.92. The lowest BCUT2D eigenvalue weighted by atomic mass is 10.2. The lowest BCUT2D eigenvalue weighted by Gasteiger charge is -2.18. The van der Waals surface area contributed by atoms with E-state index in [2.05, 4.69) is 4.72 Å². The average Bonchev–Trinajstić information content (AvgIpc) is 2.66. The Balaban J connectivity index is 2.36. The number of rotatable bonds is 8. The molecule has 0 saturated carbocycles. The maximum absolute atomic E-state index is 12.9. The van der Waals surface area contributed by atoms with E-state index in [1.54, 1.807) is 30.1 Å². The van der Waals surface area contributed by atoms with Crippen molar-refractivity contribution in [2.75, 3.05) is 25.4 Å². The molecule has 0 heterocycles. The van der Waals surface area contributed by atoms with Gasteiger partial charge in [-0.25, -0.2) is 8.42 Å². The van der Waals surface area contributed by atoms with Gasteiger partial charge in [0.25, 0.3) is 15.9 Å². The van der Waals surface area contributed by atoms with Crippen LogP contribution in [0.5, 0.6) is 5.75 Å². The highest BCUT2D eigenvalue weighted by Crippen LogP contribution is 2.27. The summed E-state index contributed by atoms with van der Waals surface area (Å²) in [6.07, 6.45) is 1.86. The van der Waals surface area contributed by atoms with Gasteiger partial charge in [0.05, 0.1) is 7.11 Å². The van der Waals surface area contributed by atoms with Gasteiger partial charge in [-0.1, -0.05) is 31.0 Å². The summed E-state index contributed by atoms with van der Waals surface area (Å²) in [5.74, 6) is -0.0414. The zero-order valence-corrected chi connectivity index (χ0v) is 17.0. The molecule has 0 aliphatic rings. The number of hydrogen-bond acceptors (Lipinski definition) is 4.